The number of hydrogen-bond acceptors (Lipinski definition) is 7. The minimum Gasteiger partial charge on any atom is -0.490 e. The first-order valence-electron chi connectivity index (χ1n) is 40.7. The van der Waals surface area contributed by atoms with Crippen LogP contribution in [-0.2, 0) is 17.6 Å². The van der Waals surface area contributed by atoms with Gasteiger partial charge in [0.15, 0.2) is 11.5 Å². The molecule has 0 bridgehead atoms. The molecular weight excluding hydrogens is 1210 g/mol. The molecule has 0 saturated heterocycles. The van der Waals surface area contributed by atoms with E-state index >= 15 is 0 Å². The van der Waals surface area contributed by atoms with Crippen LogP contribution >= 0.6 is 0 Å². The van der Waals surface area contributed by atoms with Crippen LogP contribution < -0.4 is 24.6 Å². The van der Waals surface area contributed by atoms with E-state index in [9.17, 15) is 9.90 Å². The second-order valence-corrected chi connectivity index (χ2v) is 34.1. The van der Waals surface area contributed by atoms with Crippen LogP contribution in [0.4, 0.5) is 0 Å². The van der Waals surface area contributed by atoms with Crippen LogP contribution in [-0.4, -0.2) is 54.2 Å². The Kier molecular flexibility index (Phi) is 45.2. The molecule has 1 heterocycles. The van der Waals surface area contributed by atoms with Gasteiger partial charge in [-0.25, -0.2) is 9.48 Å². The molecule has 0 amide bonds. The molecule has 5 aromatic rings. The summed E-state index contributed by atoms with van der Waals surface area (Å²) >= 11 is 0. The third-order valence-electron chi connectivity index (χ3n) is 20.2. The van der Waals surface area contributed by atoms with Gasteiger partial charge in [0.1, 0.15) is 5.69 Å². The Morgan fingerprint density at radius 3 is 1.08 bits per heavy atom. The molecule has 97 heavy (non-hydrogen) atoms. The fourth-order valence-corrected chi connectivity index (χ4v) is 18.8. The van der Waals surface area contributed by atoms with Crippen molar-refractivity contribution in [1.82, 2.24) is 15.0 Å². The Morgan fingerprint density at radius 1 is 0.423 bits per heavy atom. The molecule has 0 radical (unpaired) electrons. The number of carbonyl (C=O) groups is 1. The first-order valence-corrected chi connectivity index (χ1v) is 42.6. The standard InChI is InChI=1S/C87H141N3O6Si/c1-7-10-13-16-19-22-25-28-31-34-37-40-43-46-49-58-67-93-83-70-76(73-90-74-82(88-89-90)77-65-66-81(86(91)92)78(72-77)75-96-97(87(4,5)6,79-61-54-52-55-62-79)80-63-56-53-57-64-80)71-84(94-68-59-50-47-44-41-38-35-32-29-26-23-20-17-14-11-8-2)85(83)95-69-60-51-48-45-42-39-36-33-30-27-24-21-18-15-12-9-3/h52-57,61-66,70-72,74H,7-51,58-60,67-69,73,75H2,1-6H3,(H,91,92). The van der Waals surface area contributed by atoms with Gasteiger partial charge in [0.2, 0.25) is 5.75 Å². The number of nitrogens with zero attached hydrogens (tertiary/aromatic N) is 3. The Labute approximate surface area is 595 Å². The van der Waals surface area contributed by atoms with Crippen LogP contribution in [0.5, 0.6) is 17.2 Å². The normalized spacial score (nSPS) is 11.9. The van der Waals surface area contributed by atoms with Crippen LogP contribution in [0.3, 0.4) is 0 Å². The maximum Gasteiger partial charge on any atom is 0.336 e. The molecule has 5 rings (SSSR count). The number of aromatic carboxylic acids is 1. The summed E-state index contributed by atoms with van der Waals surface area (Å²) in [4.78, 5) is 12.9. The maximum atomic E-state index is 12.9. The molecule has 0 atom stereocenters. The fraction of sp³-hybridized carbons (Fsp3) is 0.690. The van der Waals surface area contributed by atoms with Gasteiger partial charge in [-0.3, -0.25) is 0 Å². The number of benzene rings is 4. The molecule has 10 heteroatoms. The molecule has 0 saturated carbocycles. The van der Waals surface area contributed by atoms with Gasteiger partial charge in [0, 0.05) is 5.56 Å². The topological polar surface area (TPSA) is 105 Å². The van der Waals surface area contributed by atoms with Crippen LogP contribution in [0.25, 0.3) is 11.3 Å². The molecule has 1 N–H and O–H groups in total. The van der Waals surface area contributed by atoms with E-state index in [2.05, 4.69) is 102 Å². The summed E-state index contributed by atoms with van der Waals surface area (Å²) in [5.74, 6) is 1.22. The number of unbranched alkanes of at least 4 members (excludes halogenated alkanes) is 45. The van der Waals surface area contributed by atoms with E-state index in [1.165, 1.54) is 270 Å². The van der Waals surface area contributed by atoms with Crippen molar-refractivity contribution >= 4 is 24.7 Å². The van der Waals surface area contributed by atoms with Gasteiger partial charge in [-0.2, -0.15) is 0 Å². The van der Waals surface area contributed by atoms with Crippen molar-refractivity contribution in [1.29, 1.82) is 0 Å². The lowest BCUT2D eigenvalue weighted by Crippen LogP contribution is -2.66. The Balaban J connectivity index is 1.26. The molecule has 0 aliphatic rings. The average Bonchev–Trinajstić information content (AvgIpc) is 0.980. The number of rotatable bonds is 63. The van der Waals surface area contributed by atoms with Crippen molar-refractivity contribution in [3.05, 3.63) is 114 Å². The highest BCUT2D eigenvalue weighted by Crippen LogP contribution is 2.41. The minimum atomic E-state index is -2.98. The van der Waals surface area contributed by atoms with Crippen molar-refractivity contribution < 1.29 is 28.5 Å². The zero-order valence-electron chi connectivity index (χ0n) is 63.0. The molecule has 0 aliphatic carbocycles. The molecule has 0 fully saturated rings. The van der Waals surface area contributed by atoms with E-state index in [0.29, 0.717) is 37.6 Å². The minimum absolute atomic E-state index is 0.120. The summed E-state index contributed by atoms with van der Waals surface area (Å²) in [6, 6.07) is 30.7. The van der Waals surface area contributed by atoms with Gasteiger partial charge >= 0.3 is 5.97 Å². The summed E-state index contributed by atoms with van der Waals surface area (Å²) in [7, 11) is -2.98. The lowest BCUT2D eigenvalue weighted by atomic mass is 10.0. The Morgan fingerprint density at radius 2 is 0.753 bits per heavy atom. The summed E-state index contributed by atoms with van der Waals surface area (Å²) in [6.45, 7) is 16.0. The first-order chi connectivity index (χ1) is 47.6. The number of carboxylic acid groups (broad SMARTS) is 1. The highest BCUT2D eigenvalue weighted by atomic mass is 28.4. The summed E-state index contributed by atoms with van der Waals surface area (Å²) in [6.07, 6.45) is 65.9. The number of carboxylic acids is 1. The second-order valence-electron chi connectivity index (χ2n) is 29.8. The number of aromatic nitrogens is 3. The molecule has 0 unspecified atom stereocenters. The highest BCUT2D eigenvalue weighted by Gasteiger charge is 2.50. The van der Waals surface area contributed by atoms with E-state index < -0.39 is 14.3 Å². The summed E-state index contributed by atoms with van der Waals surface area (Å²) in [5, 5.41) is 22.0. The predicted octanol–water partition coefficient (Wildman–Crippen LogP) is 25.7. The van der Waals surface area contributed by atoms with Gasteiger partial charge in [-0.15, -0.1) is 5.10 Å². The molecule has 1 aromatic heterocycles. The van der Waals surface area contributed by atoms with Gasteiger partial charge in [-0.1, -0.05) is 402 Å². The van der Waals surface area contributed by atoms with E-state index in [4.69, 9.17) is 28.9 Å². The maximum absolute atomic E-state index is 12.9. The Bertz CT molecular complexity index is 2610. The third kappa shape index (κ3) is 34.3. The predicted molar refractivity (Wildman–Crippen MR) is 415 cm³/mol. The van der Waals surface area contributed by atoms with Gasteiger partial charge < -0.3 is 23.7 Å². The lowest BCUT2D eigenvalue weighted by Gasteiger charge is -2.43. The summed E-state index contributed by atoms with van der Waals surface area (Å²) in [5.41, 5.74) is 3.24. The quantitative estimate of drug-likeness (QED) is 0.0303. The molecule has 0 aliphatic heterocycles. The van der Waals surface area contributed by atoms with E-state index in [0.717, 1.165) is 77.3 Å². The van der Waals surface area contributed by atoms with Gasteiger partial charge in [0.05, 0.1) is 44.7 Å². The van der Waals surface area contributed by atoms with Crippen LogP contribution in [0, 0.1) is 0 Å². The summed E-state index contributed by atoms with van der Waals surface area (Å²) < 4.78 is 29.7. The fourth-order valence-electron chi connectivity index (χ4n) is 14.3. The molecule has 544 valence electrons. The van der Waals surface area contributed by atoms with Gasteiger partial charge in [-0.05, 0) is 70.1 Å². The average molecular weight is 1350 g/mol. The van der Waals surface area contributed by atoms with Crippen molar-refractivity contribution in [2.45, 2.75) is 368 Å². The van der Waals surface area contributed by atoms with Crippen molar-refractivity contribution in [3.63, 3.8) is 0 Å². The smallest absolute Gasteiger partial charge is 0.336 e. The van der Waals surface area contributed by atoms with Crippen molar-refractivity contribution in [2.75, 3.05) is 19.8 Å². The number of hydrogen-bond donors (Lipinski definition) is 1. The SMILES string of the molecule is CCCCCCCCCCCCCCCCCCOc1cc(Cn2cc(-c3ccc(C(=O)O)c(CO[Si](c4ccccc4)(c4ccccc4)C(C)(C)C)c3)nn2)cc(OCCCCCCCCCCCCCCCCCC)c1OCCCCCCCCCCCCCCCCCC. The molecule has 9 nitrogen and oxygen atoms in total. The molecule has 4 aromatic carbocycles. The van der Waals surface area contributed by atoms with Gasteiger partial charge in [0.25, 0.3) is 8.32 Å². The van der Waals surface area contributed by atoms with E-state index in [1.807, 2.05) is 35.1 Å². The first kappa shape index (κ1) is 82.7. The van der Waals surface area contributed by atoms with E-state index in [-0.39, 0.29) is 17.2 Å². The highest BCUT2D eigenvalue weighted by molar-refractivity contribution is 6.99. The largest absolute Gasteiger partial charge is 0.490 e. The molecular formula is C87H141N3O6Si. The Hall–Kier alpha value is -4.93. The van der Waals surface area contributed by atoms with Crippen LogP contribution in [0.2, 0.25) is 5.04 Å². The van der Waals surface area contributed by atoms with Crippen molar-refractivity contribution in [3.8, 4) is 28.5 Å². The molecule has 0 spiro atoms. The lowest BCUT2D eigenvalue weighted by molar-refractivity contribution is 0.0693. The van der Waals surface area contributed by atoms with E-state index in [1.54, 1.807) is 6.07 Å². The third-order valence-corrected chi connectivity index (χ3v) is 25.2. The van der Waals surface area contributed by atoms with Crippen LogP contribution in [0.15, 0.2) is 97.2 Å². The monoisotopic (exact) mass is 1350 g/mol. The number of ether oxygens (including phenoxy) is 3. The van der Waals surface area contributed by atoms with Crippen molar-refractivity contribution in [2.24, 2.45) is 0 Å². The zero-order chi connectivity index (χ0) is 69.0. The zero-order valence-corrected chi connectivity index (χ0v) is 64.0. The van der Waals surface area contributed by atoms with Crippen LogP contribution in [0.1, 0.15) is 371 Å². The second kappa shape index (κ2) is 53.0.